The summed E-state index contributed by atoms with van der Waals surface area (Å²) in [4.78, 5) is 7.99. The molecule has 1 atom stereocenters. The van der Waals surface area contributed by atoms with Crippen LogP contribution in [0, 0.1) is 4.64 Å². The van der Waals surface area contributed by atoms with Gasteiger partial charge in [0, 0.05) is 29.4 Å². The highest BCUT2D eigenvalue weighted by Gasteiger charge is 2.21. The molecule has 0 saturated heterocycles. The van der Waals surface area contributed by atoms with Crippen molar-refractivity contribution in [2.45, 2.75) is 24.5 Å². The van der Waals surface area contributed by atoms with E-state index in [0.717, 1.165) is 22.9 Å². The molecule has 0 amide bonds. The molecule has 0 fully saturated rings. The maximum absolute atomic E-state index is 5.88. The summed E-state index contributed by atoms with van der Waals surface area (Å²) in [5, 5.41) is 0. The number of rotatable bonds is 4. The van der Waals surface area contributed by atoms with Gasteiger partial charge in [-0.2, -0.15) is 11.8 Å². The molecule has 1 N–H and O–H groups in total. The second kappa shape index (κ2) is 6.08. The molecule has 0 saturated carbocycles. The molecule has 20 heavy (non-hydrogen) atoms. The third kappa shape index (κ3) is 2.66. The molecular weight excluding hydrogens is 288 g/mol. The van der Waals surface area contributed by atoms with Gasteiger partial charge in [-0.1, -0.05) is 42.5 Å². The molecule has 0 aliphatic carbocycles. The lowest BCUT2D eigenvalue weighted by molar-refractivity contribution is 0.0849. The minimum Gasteiger partial charge on any atom is -0.366 e. The molecule has 1 aliphatic rings. The van der Waals surface area contributed by atoms with Gasteiger partial charge in [0.15, 0.2) is 0 Å². The van der Waals surface area contributed by atoms with Crippen molar-refractivity contribution in [3.05, 3.63) is 57.6 Å². The first-order valence-electron chi connectivity index (χ1n) is 6.66. The van der Waals surface area contributed by atoms with Gasteiger partial charge in [-0.15, -0.1) is 0 Å². The van der Waals surface area contributed by atoms with Crippen LogP contribution >= 0.6 is 24.0 Å². The lowest BCUT2D eigenvalue weighted by atomic mass is 10.1. The highest BCUT2D eigenvalue weighted by molar-refractivity contribution is 7.98. The number of hydrogen-bond acceptors (Lipinski definition) is 4. The first-order valence-corrected chi connectivity index (χ1v) is 8.22. The predicted octanol–water partition coefficient (Wildman–Crippen LogP) is 4.01. The number of H-pyrrole nitrogens is 1. The molecule has 1 aromatic carbocycles. The Balaban J connectivity index is 2.04. The van der Waals surface area contributed by atoms with E-state index in [1.165, 1.54) is 11.3 Å². The lowest BCUT2D eigenvalue weighted by Crippen LogP contribution is -2.12. The van der Waals surface area contributed by atoms with E-state index in [1.54, 1.807) is 0 Å². The first kappa shape index (κ1) is 13.8. The number of hydrogen-bond donors (Lipinski definition) is 1. The molecule has 3 rings (SSSR count). The summed E-state index contributed by atoms with van der Waals surface area (Å²) in [6.45, 7) is 2.63. The van der Waals surface area contributed by atoms with Crippen molar-refractivity contribution in [2.24, 2.45) is 0 Å². The number of aromatic nitrogens is 2. The molecule has 1 aromatic heterocycles. The zero-order valence-electron chi connectivity index (χ0n) is 11.3. The number of thioether (sulfide) groups is 1. The van der Waals surface area contributed by atoms with E-state index in [2.05, 4.69) is 22.1 Å². The van der Waals surface area contributed by atoms with E-state index in [0.29, 0.717) is 11.2 Å². The molecule has 0 spiro atoms. The van der Waals surface area contributed by atoms with Crippen LogP contribution in [0.5, 0.6) is 0 Å². The van der Waals surface area contributed by atoms with Crippen molar-refractivity contribution in [2.75, 3.05) is 6.61 Å². The van der Waals surface area contributed by atoms with E-state index in [-0.39, 0.29) is 6.10 Å². The summed E-state index contributed by atoms with van der Waals surface area (Å²) in [6, 6.07) is 10.1. The average Bonchev–Trinajstić information content (AvgIpc) is 2.94. The SMILES string of the molecule is CCOC(c1ccccc1)c1nc(=S)c2c([nH]1)CSC2. The molecule has 0 bridgehead atoms. The Morgan fingerprint density at radius 3 is 2.90 bits per heavy atom. The Morgan fingerprint density at radius 1 is 1.35 bits per heavy atom. The van der Waals surface area contributed by atoms with Crippen LogP contribution in [-0.2, 0) is 16.2 Å². The van der Waals surface area contributed by atoms with Crippen LogP contribution in [0.25, 0.3) is 0 Å². The minimum absolute atomic E-state index is 0.182. The van der Waals surface area contributed by atoms with E-state index >= 15 is 0 Å². The Bertz CT molecular complexity index is 655. The van der Waals surface area contributed by atoms with Gasteiger partial charge >= 0.3 is 0 Å². The number of ether oxygens (including phenoxy) is 1. The highest BCUT2D eigenvalue weighted by atomic mass is 32.2. The van der Waals surface area contributed by atoms with Gasteiger partial charge in [0.2, 0.25) is 0 Å². The number of nitrogens with zero attached hydrogens (tertiary/aromatic N) is 1. The van der Waals surface area contributed by atoms with Crippen LogP contribution < -0.4 is 0 Å². The second-order valence-corrected chi connectivity index (χ2v) is 6.00. The van der Waals surface area contributed by atoms with Crippen molar-refractivity contribution >= 4 is 24.0 Å². The summed E-state index contributed by atoms with van der Waals surface area (Å²) >= 11 is 7.29. The Labute approximate surface area is 127 Å². The quantitative estimate of drug-likeness (QED) is 0.866. The van der Waals surface area contributed by atoms with Crippen LogP contribution in [0.2, 0.25) is 0 Å². The number of benzene rings is 1. The minimum atomic E-state index is -0.182. The summed E-state index contributed by atoms with van der Waals surface area (Å²) in [6.07, 6.45) is -0.182. The molecular formula is C15H16N2OS2. The van der Waals surface area contributed by atoms with Crippen molar-refractivity contribution in [3.63, 3.8) is 0 Å². The largest absolute Gasteiger partial charge is 0.366 e. The third-order valence-electron chi connectivity index (χ3n) is 3.30. The monoisotopic (exact) mass is 304 g/mol. The molecule has 2 aromatic rings. The van der Waals surface area contributed by atoms with Gasteiger partial charge in [-0.05, 0) is 12.5 Å². The molecule has 3 nitrogen and oxygen atoms in total. The fraction of sp³-hybridized carbons (Fsp3) is 0.333. The lowest BCUT2D eigenvalue weighted by Gasteiger charge is -2.17. The second-order valence-electron chi connectivity index (χ2n) is 4.62. The predicted molar refractivity (Wildman–Crippen MR) is 84.3 cm³/mol. The van der Waals surface area contributed by atoms with Gasteiger partial charge in [-0.25, -0.2) is 4.98 Å². The molecule has 1 unspecified atom stereocenters. The van der Waals surface area contributed by atoms with Gasteiger partial charge in [0.25, 0.3) is 0 Å². The number of nitrogens with one attached hydrogen (secondary N) is 1. The Hall–Kier alpha value is -1.17. The van der Waals surface area contributed by atoms with Crippen molar-refractivity contribution in [3.8, 4) is 0 Å². The zero-order chi connectivity index (χ0) is 13.9. The molecule has 2 heterocycles. The van der Waals surface area contributed by atoms with E-state index in [4.69, 9.17) is 17.0 Å². The Morgan fingerprint density at radius 2 is 2.15 bits per heavy atom. The van der Waals surface area contributed by atoms with Crippen molar-refractivity contribution in [1.82, 2.24) is 9.97 Å². The van der Waals surface area contributed by atoms with Crippen LogP contribution in [0.4, 0.5) is 0 Å². The van der Waals surface area contributed by atoms with Crippen LogP contribution in [0.15, 0.2) is 30.3 Å². The summed E-state index contributed by atoms with van der Waals surface area (Å²) < 4.78 is 6.59. The number of fused-ring (bicyclic) bond motifs is 1. The van der Waals surface area contributed by atoms with Gasteiger partial charge in [-0.3, -0.25) is 0 Å². The van der Waals surface area contributed by atoms with Crippen LogP contribution in [0.1, 0.15) is 35.7 Å². The maximum atomic E-state index is 5.88. The van der Waals surface area contributed by atoms with Crippen molar-refractivity contribution < 1.29 is 4.74 Å². The maximum Gasteiger partial charge on any atom is 0.141 e. The van der Waals surface area contributed by atoms with E-state index < -0.39 is 0 Å². The van der Waals surface area contributed by atoms with Gasteiger partial charge < -0.3 is 9.72 Å². The molecule has 5 heteroatoms. The summed E-state index contributed by atoms with van der Waals surface area (Å²) in [5.41, 5.74) is 3.47. The highest BCUT2D eigenvalue weighted by Crippen LogP contribution is 2.31. The van der Waals surface area contributed by atoms with Crippen molar-refractivity contribution in [1.29, 1.82) is 0 Å². The topological polar surface area (TPSA) is 37.9 Å². The Kier molecular flexibility index (Phi) is 4.19. The summed E-state index contributed by atoms with van der Waals surface area (Å²) in [7, 11) is 0. The fourth-order valence-electron chi connectivity index (χ4n) is 2.34. The van der Waals surface area contributed by atoms with Crippen LogP contribution in [0.3, 0.4) is 0 Å². The average molecular weight is 304 g/mol. The smallest absolute Gasteiger partial charge is 0.141 e. The van der Waals surface area contributed by atoms with E-state index in [1.807, 2.05) is 36.9 Å². The molecule has 104 valence electrons. The van der Waals surface area contributed by atoms with Gasteiger partial charge in [0.05, 0.1) is 0 Å². The molecule has 1 aliphatic heterocycles. The summed E-state index contributed by atoms with van der Waals surface area (Å²) in [5.74, 6) is 2.74. The fourth-order valence-corrected chi connectivity index (χ4v) is 3.80. The standard InChI is InChI=1S/C15H16N2OS2/c1-2-18-13(10-6-4-3-5-7-10)14-16-12-9-20-8-11(12)15(19)17-14/h3-7,13H,2,8-9H2,1H3,(H,16,17,19). The molecule has 0 radical (unpaired) electrons. The number of aromatic amines is 1. The zero-order valence-corrected chi connectivity index (χ0v) is 12.9. The third-order valence-corrected chi connectivity index (χ3v) is 4.62. The van der Waals surface area contributed by atoms with E-state index in [9.17, 15) is 0 Å². The van der Waals surface area contributed by atoms with Crippen LogP contribution in [-0.4, -0.2) is 16.6 Å². The first-order chi connectivity index (χ1) is 9.79. The normalized spacial score (nSPS) is 15.1. The van der Waals surface area contributed by atoms with Gasteiger partial charge in [0.1, 0.15) is 16.6 Å².